The highest BCUT2D eigenvalue weighted by molar-refractivity contribution is 7.47. The number of allylic oxidation sites excluding steroid dienone is 19. The summed E-state index contributed by atoms with van der Waals surface area (Å²) in [5.74, 6) is -0.647. The highest BCUT2D eigenvalue weighted by Gasteiger charge is 2.30. The van der Waals surface area contributed by atoms with Gasteiger partial charge in [-0.3, -0.25) is 18.6 Å². The summed E-state index contributed by atoms with van der Waals surface area (Å²) in [4.78, 5) is 37.6. The Hall–Kier alpha value is -3.59. The van der Waals surface area contributed by atoms with E-state index in [-0.39, 0.29) is 37.9 Å². The second-order valence-corrected chi connectivity index (χ2v) is 21.9. The molecule has 9 nitrogen and oxygen atoms in total. The van der Waals surface area contributed by atoms with E-state index in [0.29, 0.717) is 23.9 Å². The summed E-state index contributed by atoms with van der Waals surface area (Å²) in [7, 11) is 1.41. The van der Waals surface area contributed by atoms with E-state index in [4.69, 9.17) is 13.8 Å². The van der Waals surface area contributed by atoms with E-state index < -0.39 is 20.0 Å². The van der Waals surface area contributed by atoms with Gasteiger partial charge < -0.3 is 19.4 Å². The third-order valence-corrected chi connectivity index (χ3v) is 13.1. The molecule has 0 rings (SSSR count). The number of hydrogen-bond acceptors (Lipinski definition) is 6. The molecule has 0 aromatic rings. The number of phosphoric ester groups is 1. The summed E-state index contributed by atoms with van der Waals surface area (Å²) < 4.78 is 30.6. The molecule has 0 spiro atoms. The lowest BCUT2D eigenvalue weighted by atomic mass is 10.0. The van der Waals surface area contributed by atoms with E-state index in [0.717, 1.165) is 89.9 Å². The van der Waals surface area contributed by atoms with Crippen molar-refractivity contribution in [3.63, 3.8) is 0 Å². The predicted octanol–water partition coefficient (Wildman–Crippen LogP) is 17.9. The number of unbranched alkanes of at least 4 members (excludes halogenated alkanes) is 17. The molecular formula is C64H110N2O7P+. The van der Waals surface area contributed by atoms with Crippen LogP contribution in [0.2, 0.25) is 0 Å². The van der Waals surface area contributed by atoms with E-state index in [9.17, 15) is 19.0 Å². The zero-order valence-corrected chi connectivity index (χ0v) is 48.9. The maximum absolute atomic E-state index is 13.5. The maximum atomic E-state index is 13.5. The Balaban J connectivity index is 5.53. The van der Waals surface area contributed by atoms with Crippen molar-refractivity contribution in [1.82, 2.24) is 5.32 Å². The molecule has 1 amide bonds. The Labute approximate surface area is 454 Å². The quantitative estimate of drug-likeness (QED) is 0.0205. The number of likely N-dealkylation sites (N-methyl/N-ethyl adjacent to an activating group) is 1. The molecule has 0 saturated heterocycles. The molecule has 0 fully saturated rings. The lowest BCUT2D eigenvalue weighted by molar-refractivity contribution is -0.870. The molecule has 2 N–H and O–H groups in total. The van der Waals surface area contributed by atoms with Gasteiger partial charge in [0, 0.05) is 12.8 Å². The number of ether oxygens (including phenoxy) is 1. The van der Waals surface area contributed by atoms with Crippen LogP contribution in [0.3, 0.4) is 0 Å². The van der Waals surface area contributed by atoms with Crippen LogP contribution in [0.25, 0.3) is 0 Å². The molecule has 0 aliphatic carbocycles. The second kappa shape index (κ2) is 52.8. The number of nitrogens with zero attached hydrogens (tertiary/aromatic N) is 1. The summed E-state index contributed by atoms with van der Waals surface area (Å²) >= 11 is 0. The van der Waals surface area contributed by atoms with Crippen molar-refractivity contribution in [2.75, 3.05) is 40.9 Å². The van der Waals surface area contributed by atoms with E-state index in [1.165, 1.54) is 83.5 Å². The van der Waals surface area contributed by atoms with E-state index in [1.54, 1.807) is 0 Å². The van der Waals surface area contributed by atoms with Gasteiger partial charge in [-0.15, -0.1) is 0 Å². The van der Waals surface area contributed by atoms with Crippen LogP contribution >= 0.6 is 7.82 Å². The first-order valence-corrected chi connectivity index (χ1v) is 30.9. The fourth-order valence-electron chi connectivity index (χ4n) is 7.61. The van der Waals surface area contributed by atoms with Gasteiger partial charge in [-0.25, -0.2) is 4.57 Å². The minimum absolute atomic E-state index is 0.0151. The topological polar surface area (TPSA) is 111 Å². The molecule has 0 aromatic carbocycles. The maximum Gasteiger partial charge on any atom is 0.472 e. The van der Waals surface area contributed by atoms with E-state index in [2.05, 4.69) is 123 Å². The molecule has 3 atom stereocenters. The number of phosphoric acid groups is 1. The summed E-state index contributed by atoms with van der Waals surface area (Å²) in [6.07, 6.45) is 73.6. The summed E-state index contributed by atoms with van der Waals surface area (Å²) in [5, 5.41) is 2.99. The Morgan fingerprint density at radius 2 is 0.878 bits per heavy atom. The van der Waals surface area contributed by atoms with Gasteiger partial charge in [0.25, 0.3) is 0 Å². The van der Waals surface area contributed by atoms with Crippen LogP contribution in [-0.4, -0.2) is 74.3 Å². The molecule has 0 heterocycles. The SMILES string of the molecule is CC/C=C/C/C=C/C/C=C/C/C=C/C/C=C/CCC(=O)NC(COP(=O)(O)OCC[N+](C)(C)C)C(/C=C/CCCCCCCCCCCCC)OC(=O)CCCCC/C=C\C/C=C\C/C=C\C/C=C\CCCCC. The highest BCUT2D eigenvalue weighted by Crippen LogP contribution is 2.43. The Morgan fingerprint density at radius 3 is 1.35 bits per heavy atom. The number of rotatable bonds is 51. The molecular weight excluding hydrogens is 940 g/mol. The number of nitrogens with one attached hydrogen (secondary N) is 1. The van der Waals surface area contributed by atoms with Gasteiger partial charge in [-0.05, 0) is 109 Å². The van der Waals surface area contributed by atoms with Crippen LogP contribution in [0.4, 0.5) is 0 Å². The lowest BCUT2D eigenvalue weighted by Crippen LogP contribution is -2.47. The van der Waals surface area contributed by atoms with E-state index >= 15 is 0 Å². The molecule has 0 bridgehead atoms. The largest absolute Gasteiger partial charge is 0.472 e. The van der Waals surface area contributed by atoms with Gasteiger partial charge in [-0.1, -0.05) is 220 Å². The molecule has 0 aliphatic rings. The van der Waals surface area contributed by atoms with Crippen molar-refractivity contribution in [2.45, 2.75) is 232 Å². The molecule has 3 unspecified atom stereocenters. The minimum atomic E-state index is -4.48. The molecule has 10 heteroatoms. The Bertz CT molecular complexity index is 1680. The second-order valence-electron chi connectivity index (χ2n) is 20.4. The Morgan fingerprint density at radius 1 is 0.486 bits per heavy atom. The summed E-state index contributed by atoms with van der Waals surface area (Å²) in [5.41, 5.74) is 0. The van der Waals surface area contributed by atoms with Crippen molar-refractivity contribution >= 4 is 19.7 Å². The first-order chi connectivity index (χ1) is 35.9. The van der Waals surface area contributed by atoms with Crippen LogP contribution in [0.5, 0.6) is 0 Å². The fourth-order valence-corrected chi connectivity index (χ4v) is 8.35. The Kier molecular flexibility index (Phi) is 50.3. The zero-order valence-electron chi connectivity index (χ0n) is 48.0. The number of esters is 1. The molecule has 0 radical (unpaired) electrons. The van der Waals surface area contributed by atoms with Crippen LogP contribution in [0.15, 0.2) is 122 Å². The van der Waals surface area contributed by atoms with Crippen molar-refractivity contribution in [1.29, 1.82) is 0 Å². The first-order valence-electron chi connectivity index (χ1n) is 29.4. The van der Waals surface area contributed by atoms with Crippen molar-refractivity contribution < 1.29 is 37.3 Å². The van der Waals surface area contributed by atoms with Crippen molar-refractivity contribution in [2.24, 2.45) is 0 Å². The third kappa shape index (κ3) is 53.2. The first kappa shape index (κ1) is 70.4. The van der Waals surface area contributed by atoms with Gasteiger partial charge >= 0.3 is 13.8 Å². The highest BCUT2D eigenvalue weighted by atomic mass is 31.2. The lowest BCUT2D eigenvalue weighted by Gasteiger charge is -2.27. The minimum Gasteiger partial charge on any atom is -0.456 e. The molecule has 0 aromatic heterocycles. The normalized spacial score (nSPS) is 14.6. The molecule has 0 saturated carbocycles. The van der Waals surface area contributed by atoms with Crippen LogP contribution < -0.4 is 5.32 Å². The van der Waals surface area contributed by atoms with Crippen LogP contribution in [-0.2, 0) is 27.9 Å². The molecule has 0 aliphatic heterocycles. The standard InChI is InChI=1S/C64H109N2O7P/c1-7-10-13-16-19-22-25-28-30-32-33-34-36-39-42-45-48-51-54-57-64(68)73-62(55-52-49-46-43-40-37-27-24-21-18-15-12-9-3)61(60-72-74(69,70)71-59-58-66(4,5)6)65-63(67)56-53-50-47-44-41-38-35-31-29-26-23-20-17-14-11-8-2/h11,14,19-20,22-23,28-31,33-34,38-39,41-42,47,50,52,55,61-62H,7-10,12-13,15-18,21,24-27,32,35-37,40,43-46,48-49,51,53-54,56-60H2,1-6H3,(H-,65,67,69,70)/p+1/b14-11+,22-19-,23-20+,30-28-,31-29+,34-33-,41-38+,42-39-,50-47+,55-52+. The molecule has 422 valence electrons. The zero-order chi connectivity index (χ0) is 54.3. The number of carbonyl (C=O) groups is 2. The average Bonchev–Trinajstić information content (AvgIpc) is 3.36. The van der Waals surface area contributed by atoms with Gasteiger partial charge in [0.05, 0.1) is 33.8 Å². The van der Waals surface area contributed by atoms with Crippen molar-refractivity contribution in [3.05, 3.63) is 122 Å². The smallest absolute Gasteiger partial charge is 0.456 e. The number of quaternary nitrogens is 1. The summed E-state index contributed by atoms with van der Waals surface area (Å²) in [6, 6.07) is -0.909. The monoisotopic (exact) mass is 1050 g/mol. The van der Waals surface area contributed by atoms with Gasteiger partial charge in [0.2, 0.25) is 5.91 Å². The predicted molar refractivity (Wildman–Crippen MR) is 318 cm³/mol. The van der Waals surface area contributed by atoms with Gasteiger partial charge in [-0.2, -0.15) is 0 Å². The van der Waals surface area contributed by atoms with E-state index in [1.807, 2.05) is 45.4 Å². The molecule has 74 heavy (non-hydrogen) atoms. The fraction of sp³-hybridized carbons (Fsp3) is 0.656. The van der Waals surface area contributed by atoms with Crippen LogP contribution in [0, 0.1) is 0 Å². The summed E-state index contributed by atoms with van der Waals surface area (Å²) in [6.45, 7) is 6.77. The van der Waals surface area contributed by atoms with Crippen molar-refractivity contribution in [3.8, 4) is 0 Å². The average molecular weight is 1050 g/mol. The number of amides is 1. The van der Waals surface area contributed by atoms with Gasteiger partial charge in [0.1, 0.15) is 19.3 Å². The number of hydrogen-bond donors (Lipinski definition) is 2. The van der Waals surface area contributed by atoms with Gasteiger partial charge in [0.15, 0.2) is 0 Å². The number of carbonyl (C=O) groups excluding carboxylic acids is 2. The van der Waals surface area contributed by atoms with Crippen LogP contribution in [0.1, 0.15) is 220 Å². The third-order valence-electron chi connectivity index (χ3n) is 12.1.